The van der Waals surface area contributed by atoms with Gasteiger partial charge in [-0.15, -0.1) is 0 Å². The molecule has 0 radical (unpaired) electrons. The molecule has 0 bridgehead atoms. The molecule has 212 valence electrons. The van der Waals surface area contributed by atoms with Gasteiger partial charge in [-0.25, -0.2) is 9.59 Å². The number of aliphatic hydroxyl groups excluding tert-OH is 1. The number of carbonyl (C=O) groups is 2. The number of nitrogens with one attached hydrogen (secondary N) is 1. The topological polar surface area (TPSA) is 94.1 Å². The molecule has 1 fully saturated rings. The summed E-state index contributed by atoms with van der Waals surface area (Å²) in [6.07, 6.45) is 7.35. The molecule has 1 amide bonds. The van der Waals surface area contributed by atoms with E-state index < -0.39 is 5.97 Å². The molecule has 2 N–H and O–H groups in total. The third-order valence-corrected chi connectivity index (χ3v) is 8.36. The first-order valence-corrected chi connectivity index (χ1v) is 14.5. The predicted octanol–water partition coefficient (Wildman–Crippen LogP) is 5.61. The maximum Gasteiger partial charge on any atom is 0.407 e. The molecular formula is C32H43NO6. The van der Waals surface area contributed by atoms with E-state index in [-0.39, 0.29) is 37.4 Å². The molecule has 39 heavy (non-hydrogen) atoms. The number of hydrogen-bond acceptors (Lipinski definition) is 6. The fraction of sp³-hybridized carbons (Fsp3) is 0.562. The van der Waals surface area contributed by atoms with Crippen LogP contribution < -0.4 is 10.1 Å². The van der Waals surface area contributed by atoms with E-state index in [4.69, 9.17) is 14.2 Å². The minimum atomic E-state index is -0.394. The normalized spacial score (nSPS) is 22.3. The summed E-state index contributed by atoms with van der Waals surface area (Å²) >= 11 is 0. The second kappa shape index (κ2) is 14.4. The van der Waals surface area contributed by atoms with E-state index in [9.17, 15) is 14.7 Å². The Balaban J connectivity index is 1.34. The van der Waals surface area contributed by atoms with Crippen LogP contribution in [0.3, 0.4) is 0 Å². The van der Waals surface area contributed by atoms with Crippen molar-refractivity contribution in [1.29, 1.82) is 0 Å². The van der Waals surface area contributed by atoms with Crippen molar-refractivity contribution in [3.8, 4) is 5.75 Å². The Morgan fingerprint density at radius 3 is 2.64 bits per heavy atom. The van der Waals surface area contributed by atoms with Gasteiger partial charge in [0.25, 0.3) is 0 Å². The van der Waals surface area contributed by atoms with Gasteiger partial charge in [-0.3, -0.25) is 0 Å². The summed E-state index contributed by atoms with van der Waals surface area (Å²) in [7, 11) is 1.59. The molecule has 7 nitrogen and oxygen atoms in total. The molecule has 4 rings (SSSR count). The zero-order valence-electron chi connectivity index (χ0n) is 23.3. The summed E-state index contributed by atoms with van der Waals surface area (Å²) in [4.78, 5) is 24.2. The van der Waals surface area contributed by atoms with Crippen molar-refractivity contribution in [2.75, 3.05) is 13.7 Å². The Morgan fingerprint density at radius 1 is 1.05 bits per heavy atom. The predicted molar refractivity (Wildman–Crippen MR) is 149 cm³/mol. The zero-order valence-corrected chi connectivity index (χ0v) is 23.3. The van der Waals surface area contributed by atoms with Crippen LogP contribution in [0, 0.1) is 17.8 Å². The molecule has 2 aliphatic carbocycles. The second-order valence-corrected chi connectivity index (χ2v) is 11.0. The van der Waals surface area contributed by atoms with Crippen LogP contribution in [0.1, 0.15) is 68.6 Å². The van der Waals surface area contributed by atoms with Gasteiger partial charge >= 0.3 is 12.1 Å². The fourth-order valence-corrected chi connectivity index (χ4v) is 6.33. The van der Waals surface area contributed by atoms with Crippen LogP contribution in [0.15, 0.2) is 48.5 Å². The lowest BCUT2D eigenvalue weighted by molar-refractivity contribution is -0.147. The summed E-state index contributed by atoms with van der Waals surface area (Å²) in [6, 6.07) is 15.6. The molecule has 0 heterocycles. The highest BCUT2D eigenvalue weighted by Crippen LogP contribution is 2.48. The van der Waals surface area contributed by atoms with Crippen molar-refractivity contribution in [2.24, 2.45) is 17.8 Å². The Bertz CT molecular complexity index is 1070. The number of esters is 1. The molecule has 0 saturated heterocycles. The van der Waals surface area contributed by atoms with E-state index >= 15 is 0 Å². The van der Waals surface area contributed by atoms with Crippen LogP contribution >= 0.6 is 0 Å². The first-order valence-electron chi connectivity index (χ1n) is 14.5. The van der Waals surface area contributed by atoms with Gasteiger partial charge in [0, 0.05) is 7.05 Å². The maximum atomic E-state index is 12.3. The Hall–Kier alpha value is -3.06. The minimum absolute atomic E-state index is 0.125. The van der Waals surface area contributed by atoms with E-state index in [1.807, 2.05) is 42.5 Å². The summed E-state index contributed by atoms with van der Waals surface area (Å²) in [5.74, 6) is 1.27. The van der Waals surface area contributed by atoms with Crippen LogP contribution in [-0.4, -0.2) is 43.0 Å². The van der Waals surface area contributed by atoms with Crippen molar-refractivity contribution in [1.82, 2.24) is 5.32 Å². The lowest BCUT2D eigenvalue weighted by atomic mass is 9.73. The van der Waals surface area contributed by atoms with Crippen molar-refractivity contribution < 1.29 is 28.9 Å². The average molecular weight is 538 g/mol. The number of hydrogen-bond donors (Lipinski definition) is 2. The minimum Gasteiger partial charge on any atom is -0.482 e. The number of carbonyl (C=O) groups excluding carboxylic acids is 2. The number of aliphatic hydroxyl groups is 1. The number of benzene rings is 2. The van der Waals surface area contributed by atoms with Gasteiger partial charge in [0.05, 0.1) is 6.10 Å². The smallest absolute Gasteiger partial charge is 0.407 e. The van der Waals surface area contributed by atoms with E-state index in [1.165, 1.54) is 5.56 Å². The molecule has 0 aromatic heterocycles. The number of unbranched alkanes of at least 4 members (excludes halogenated alkanes) is 2. The molecule has 1 saturated carbocycles. The molecule has 2 aromatic carbocycles. The fourth-order valence-electron chi connectivity index (χ4n) is 6.33. The maximum absolute atomic E-state index is 12.3. The zero-order chi connectivity index (χ0) is 27.6. The van der Waals surface area contributed by atoms with Crippen molar-refractivity contribution >= 4 is 12.1 Å². The summed E-state index contributed by atoms with van der Waals surface area (Å²) in [5, 5.41) is 13.6. The first kappa shape index (κ1) is 28.9. The highest BCUT2D eigenvalue weighted by atomic mass is 16.6. The molecule has 4 unspecified atom stereocenters. The highest BCUT2D eigenvalue weighted by Gasteiger charge is 2.45. The highest BCUT2D eigenvalue weighted by molar-refractivity contribution is 5.71. The van der Waals surface area contributed by atoms with Crippen molar-refractivity contribution in [3.63, 3.8) is 0 Å². The molecule has 7 heteroatoms. The van der Waals surface area contributed by atoms with Crippen LogP contribution in [0.4, 0.5) is 4.79 Å². The summed E-state index contributed by atoms with van der Waals surface area (Å²) < 4.78 is 17.0. The van der Waals surface area contributed by atoms with Gasteiger partial charge in [0.1, 0.15) is 18.5 Å². The number of fused-ring (bicyclic) bond motifs is 2. The summed E-state index contributed by atoms with van der Waals surface area (Å²) in [5.41, 5.74) is 3.31. The standard InChI is InChI=1S/C32H43NO6/c1-3-4-6-13-25(39-32(36)33-2)15-16-26-27-17-23-12-9-14-30(28(23)18-24(27)19-29(26)34)37-21-31(35)38-20-22-10-7-5-8-11-22/h5,7-12,14,24-27,29,34H,3-4,6,13,15-21H2,1-2H3,(H,33,36)/t24?,25?,26?,27?,29-/m1/s1. The van der Waals surface area contributed by atoms with Gasteiger partial charge < -0.3 is 24.6 Å². The quantitative estimate of drug-likeness (QED) is 0.255. The average Bonchev–Trinajstić information content (AvgIpc) is 3.26. The van der Waals surface area contributed by atoms with Gasteiger partial charge in [0.15, 0.2) is 6.61 Å². The monoisotopic (exact) mass is 537 g/mol. The van der Waals surface area contributed by atoms with Crippen LogP contribution in [0.2, 0.25) is 0 Å². The van der Waals surface area contributed by atoms with Gasteiger partial charge in [-0.2, -0.15) is 0 Å². The van der Waals surface area contributed by atoms with Crippen LogP contribution in [0.25, 0.3) is 0 Å². The van der Waals surface area contributed by atoms with Gasteiger partial charge in [-0.1, -0.05) is 62.2 Å². The van der Waals surface area contributed by atoms with E-state index in [0.29, 0.717) is 11.8 Å². The third kappa shape index (κ3) is 7.98. The number of alkyl carbamates (subject to hydrolysis) is 1. The first-order chi connectivity index (χ1) is 19.0. The van der Waals surface area contributed by atoms with Crippen LogP contribution in [0.5, 0.6) is 5.75 Å². The number of rotatable bonds is 13. The Kier molecular flexibility index (Phi) is 10.7. The van der Waals surface area contributed by atoms with Gasteiger partial charge in [-0.05, 0) is 85.5 Å². The Morgan fingerprint density at radius 2 is 1.87 bits per heavy atom. The lowest BCUT2D eigenvalue weighted by Crippen LogP contribution is -2.30. The molecule has 0 spiro atoms. The van der Waals surface area contributed by atoms with Crippen molar-refractivity contribution in [2.45, 2.75) is 83.5 Å². The van der Waals surface area contributed by atoms with Gasteiger partial charge in [0.2, 0.25) is 0 Å². The van der Waals surface area contributed by atoms with Crippen molar-refractivity contribution in [3.05, 3.63) is 65.2 Å². The Labute approximate surface area is 232 Å². The number of ether oxygens (including phenoxy) is 3. The third-order valence-electron chi connectivity index (χ3n) is 8.36. The molecule has 5 atom stereocenters. The largest absolute Gasteiger partial charge is 0.482 e. The summed E-state index contributed by atoms with van der Waals surface area (Å²) in [6.45, 7) is 2.26. The van der Waals surface area contributed by atoms with E-state index in [0.717, 1.165) is 74.7 Å². The molecule has 0 aliphatic heterocycles. The molecule has 2 aliphatic rings. The molecule has 2 aromatic rings. The van der Waals surface area contributed by atoms with Crippen LogP contribution in [-0.2, 0) is 33.7 Å². The number of amides is 1. The SMILES string of the molecule is CCCCCC(CCC1C2Cc3cccc(OCC(=O)OCc4ccccc4)c3CC2C[C@H]1O)OC(=O)NC. The van der Waals surface area contributed by atoms with E-state index in [2.05, 4.69) is 18.3 Å². The second-order valence-electron chi connectivity index (χ2n) is 11.0. The van der Waals surface area contributed by atoms with E-state index in [1.54, 1.807) is 7.05 Å². The lowest BCUT2D eigenvalue weighted by Gasteiger charge is -2.32. The molecular weight excluding hydrogens is 494 g/mol.